The fourth-order valence-corrected chi connectivity index (χ4v) is 2.84. The number of fused-ring (bicyclic) bond motifs is 1. The Hall–Kier alpha value is -3.15. The van der Waals surface area contributed by atoms with Gasteiger partial charge in [0.25, 0.3) is 0 Å². The smallest absolute Gasteiger partial charge is 0.336 e. The maximum Gasteiger partial charge on any atom is 0.336 e. The molecule has 0 radical (unpaired) electrons. The van der Waals surface area contributed by atoms with Gasteiger partial charge in [0.15, 0.2) is 0 Å². The molecule has 3 aromatic rings. The quantitative estimate of drug-likeness (QED) is 0.734. The zero-order valence-electron chi connectivity index (χ0n) is 13.7. The molecule has 6 nitrogen and oxygen atoms in total. The molecule has 0 atom stereocenters. The largest absolute Gasteiger partial charge is 0.481 e. The van der Waals surface area contributed by atoms with Crippen LogP contribution in [0.1, 0.15) is 34.8 Å². The molecule has 2 aromatic heterocycles. The Bertz CT molecular complexity index is 967. The third-order valence-electron chi connectivity index (χ3n) is 4.26. The van der Waals surface area contributed by atoms with Crippen LogP contribution in [-0.2, 0) is 0 Å². The van der Waals surface area contributed by atoms with Gasteiger partial charge < -0.3 is 15.2 Å². The number of nitrogens with zero attached hydrogens (tertiary/aromatic N) is 2. The van der Waals surface area contributed by atoms with Crippen molar-refractivity contribution in [1.82, 2.24) is 9.97 Å². The number of hydrogen-bond acceptors (Lipinski definition) is 5. The molecule has 1 saturated carbocycles. The summed E-state index contributed by atoms with van der Waals surface area (Å²) in [4.78, 5) is 20.6. The Kier molecular flexibility index (Phi) is 3.72. The first kappa shape index (κ1) is 15.4. The molecule has 0 saturated heterocycles. The lowest BCUT2D eigenvalue weighted by molar-refractivity contribution is 0.0699. The summed E-state index contributed by atoms with van der Waals surface area (Å²) in [5, 5.41) is 13.4. The van der Waals surface area contributed by atoms with Gasteiger partial charge in [0.1, 0.15) is 5.82 Å². The van der Waals surface area contributed by atoms with E-state index in [0.717, 1.165) is 24.2 Å². The van der Waals surface area contributed by atoms with Gasteiger partial charge in [0, 0.05) is 28.8 Å². The van der Waals surface area contributed by atoms with Gasteiger partial charge in [-0.25, -0.2) is 4.79 Å². The molecule has 1 aliphatic carbocycles. The molecule has 4 rings (SSSR count). The predicted octanol–water partition coefficient (Wildman–Crippen LogP) is 3.96. The number of aromatic carboxylic acids is 1. The minimum absolute atomic E-state index is 0.286. The molecule has 1 aliphatic rings. The summed E-state index contributed by atoms with van der Waals surface area (Å²) >= 11 is 0. The number of rotatable bonds is 5. The van der Waals surface area contributed by atoms with Gasteiger partial charge in [-0.15, -0.1) is 0 Å². The SMILES string of the molecule is COc1cccc(Nc2ccc3nc(C4CC4)cc(C(=O)O)c3c2)n1. The number of carboxylic acid groups (broad SMARTS) is 1. The first-order valence-electron chi connectivity index (χ1n) is 8.10. The fraction of sp³-hybridized carbons (Fsp3) is 0.211. The molecule has 0 bridgehead atoms. The van der Waals surface area contributed by atoms with Gasteiger partial charge in [-0.05, 0) is 43.2 Å². The normalized spacial score (nSPS) is 13.6. The van der Waals surface area contributed by atoms with Gasteiger partial charge in [-0.1, -0.05) is 6.07 Å². The number of ether oxygens (including phenoxy) is 1. The Morgan fingerprint density at radius 2 is 2.04 bits per heavy atom. The van der Waals surface area contributed by atoms with Gasteiger partial charge in [0.2, 0.25) is 5.88 Å². The molecule has 126 valence electrons. The third kappa shape index (κ3) is 3.10. The highest BCUT2D eigenvalue weighted by Gasteiger charge is 2.27. The molecular formula is C19H17N3O3. The van der Waals surface area contributed by atoms with Crippen LogP contribution in [0.4, 0.5) is 11.5 Å². The zero-order chi connectivity index (χ0) is 17.4. The average Bonchev–Trinajstić information content (AvgIpc) is 3.46. The summed E-state index contributed by atoms with van der Waals surface area (Å²) in [7, 11) is 1.56. The molecule has 2 N–H and O–H groups in total. The van der Waals surface area contributed by atoms with Gasteiger partial charge in [-0.2, -0.15) is 4.98 Å². The topological polar surface area (TPSA) is 84.3 Å². The van der Waals surface area contributed by atoms with Crippen LogP contribution in [0.25, 0.3) is 10.9 Å². The summed E-state index contributed by atoms with van der Waals surface area (Å²) in [6, 6.07) is 12.6. The van der Waals surface area contributed by atoms with E-state index in [1.807, 2.05) is 24.3 Å². The lowest BCUT2D eigenvalue weighted by atomic mass is 10.1. The van der Waals surface area contributed by atoms with Crippen molar-refractivity contribution in [3.05, 3.63) is 53.7 Å². The standard InChI is InChI=1S/C19H17N3O3/c1-25-18-4-2-3-17(22-18)20-12-7-8-15-13(9-12)14(19(23)24)10-16(21-15)11-5-6-11/h2-4,7-11H,5-6H2,1H3,(H,20,22)(H,23,24). The molecular weight excluding hydrogens is 318 g/mol. The number of pyridine rings is 2. The molecule has 1 fully saturated rings. The highest BCUT2D eigenvalue weighted by Crippen LogP contribution is 2.40. The third-order valence-corrected chi connectivity index (χ3v) is 4.26. The highest BCUT2D eigenvalue weighted by atomic mass is 16.5. The number of nitrogens with one attached hydrogen (secondary N) is 1. The minimum atomic E-state index is -0.939. The van der Waals surface area contributed by atoms with Crippen molar-refractivity contribution in [1.29, 1.82) is 0 Å². The first-order valence-corrected chi connectivity index (χ1v) is 8.10. The fourth-order valence-electron chi connectivity index (χ4n) is 2.84. The van der Waals surface area contributed by atoms with Crippen LogP contribution in [0.5, 0.6) is 5.88 Å². The molecule has 1 aromatic carbocycles. The summed E-state index contributed by atoms with van der Waals surface area (Å²) in [5.41, 5.74) is 2.61. The molecule has 6 heteroatoms. The zero-order valence-corrected chi connectivity index (χ0v) is 13.7. The van der Waals surface area contributed by atoms with Crippen molar-refractivity contribution < 1.29 is 14.6 Å². The number of aromatic nitrogens is 2. The van der Waals surface area contributed by atoms with Crippen LogP contribution in [0.2, 0.25) is 0 Å². The number of hydrogen-bond donors (Lipinski definition) is 2. The Morgan fingerprint density at radius 3 is 2.76 bits per heavy atom. The lowest BCUT2D eigenvalue weighted by Crippen LogP contribution is -2.02. The minimum Gasteiger partial charge on any atom is -0.481 e. The monoisotopic (exact) mass is 335 g/mol. The van der Waals surface area contributed by atoms with E-state index in [9.17, 15) is 9.90 Å². The predicted molar refractivity (Wildman–Crippen MR) is 94.7 cm³/mol. The van der Waals surface area contributed by atoms with Crippen molar-refractivity contribution in [3.63, 3.8) is 0 Å². The Labute approximate surface area is 144 Å². The lowest BCUT2D eigenvalue weighted by Gasteiger charge is -2.10. The second kappa shape index (κ2) is 6.05. The van der Waals surface area contributed by atoms with Gasteiger partial charge in [-0.3, -0.25) is 4.98 Å². The summed E-state index contributed by atoms with van der Waals surface area (Å²) < 4.78 is 5.12. The summed E-state index contributed by atoms with van der Waals surface area (Å²) in [5.74, 6) is 0.595. The molecule has 0 spiro atoms. The van der Waals surface area contributed by atoms with E-state index in [4.69, 9.17) is 4.74 Å². The van der Waals surface area contributed by atoms with Crippen LogP contribution >= 0.6 is 0 Å². The molecule has 0 unspecified atom stereocenters. The van der Waals surface area contributed by atoms with E-state index in [1.54, 1.807) is 25.3 Å². The number of carbonyl (C=O) groups is 1. The van der Waals surface area contributed by atoms with E-state index >= 15 is 0 Å². The van der Waals surface area contributed by atoms with Crippen LogP contribution < -0.4 is 10.1 Å². The van der Waals surface area contributed by atoms with Crippen molar-refractivity contribution in [2.45, 2.75) is 18.8 Å². The second-order valence-corrected chi connectivity index (χ2v) is 6.10. The summed E-state index contributed by atoms with van der Waals surface area (Å²) in [6.45, 7) is 0. The second-order valence-electron chi connectivity index (χ2n) is 6.10. The van der Waals surface area contributed by atoms with Crippen molar-refractivity contribution in [2.75, 3.05) is 12.4 Å². The molecule has 2 heterocycles. The van der Waals surface area contributed by atoms with E-state index in [2.05, 4.69) is 15.3 Å². The van der Waals surface area contributed by atoms with E-state index in [0.29, 0.717) is 28.5 Å². The number of carboxylic acids is 1. The maximum atomic E-state index is 11.7. The Balaban J connectivity index is 1.74. The van der Waals surface area contributed by atoms with Crippen molar-refractivity contribution in [2.24, 2.45) is 0 Å². The van der Waals surface area contributed by atoms with E-state index < -0.39 is 5.97 Å². The van der Waals surface area contributed by atoms with Crippen LogP contribution in [0, 0.1) is 0 Å². The Morgan fingerprint density at radius 1 is 1.20 bits per heavy atom. The van der Waals surface area contributed by atoms with Crippen LogP contribution in [0.15, 0.2) is 42.5 Å². The van der Waals surface area contributed by atoms with E-state index in [1.165, 1.54) is 0 Å². The number of methoxy groups -OCH3 is 1. The first-order chi connectivity index (χ1) is 12.1. The number of benzene rings is 1. The summed E-state index contributed by atoms with van der Waals surface area (Å²) in [6.07, 6.45) is 2.16. The van der Waals surface area contributed by atoms with Gasteiger partial charge in [0.05, 0.1) is 18.2 Å². The molecule has 25 heavy (non-hydrogen) atoms. The highest BCUT2D eigenvalue weighted by molar-refractivity contribution is 6.03. The number of anilines is 2. The van der Waals surface area contributed by atoms with Crippen molar-refractivity contribution >= 4 is 28.4 Å². The average molecular weight is 335 g/mol. The van der Waals surface area contributed by atoms with Crippen LogP contribution in [-0.4, -0.2) is 28.2 Å². The van der Waals surface area contributed by atoms with E-state index in [-0.39, 0.29) is 5.56 Å². The van der Waals surface area contributed by atoms with Gasteiger partial charge >= 0.3 is 5.97 Å². The maximum absolute atomic E-state index is 11.7. The molecule has 0 amide bonds. The van der Waals surface area contributed by atoms with Crippen molar-refractivity contribution in [3.8, 4) is 5.88 Å². The van der Waals surface area contributed by atoms with Crippen LogP contribution in [0.3, 0.4) is 0 Å². The molecule has 0 aliphatic heterocycles.